The molecule has 3 heterocycles. The molecular formula is C31H34FN3O4. The summed E-state index contributed by atoms with van der Waals surface area (Å²) >= 11 is 0. The SMILES string of the molecule is O=C(NCCN1CCCC1)c1ccc(COc2ccc3c(c2)[C@H](c2ccc(F)cc2)N(C(=O)C2CC2)CC3)o1. The minimum absolute atomic E-state index is 0.0968. The number of amides is 2. The summed E-state index contributed by atoms with van der Waals surface area (Å²) in [6, 6.07) is 15.5. The molecule has 8 heteroatoms. The van der Waals surface area contributed by atoms with Gasteiger partial charge in [0.05, 0.1) is 6.04 Å². The first kappa shape index (κ1) is 25.6. The van der Waals surface area contributed by atoms with Crippen LogP contribution in [0.2, 0.25) is 0 Å². The van der Waals surface area contributed by atoms with Gasteiger partial charge in [-0.25, -0.2) is 4.39 Å². The predicted molar refractivity (Wildman–Crippen MR) is 144 cm³/mol. The molecule has 0 bridgehead atoms. The first-order chi connectivity index (χ1) is 19.0. The van der Waals surface area contributed by atoms with E-state index in [0.717, 1.165) is 55.6 Å². The molecule has 2 fully saturated rings. The fourth-order valence-electron chi connectivity index (χ4n) is 5.64. The van der Waals surface area contributed by atoms with Crippen LogP contribution in [0.1, 0.15) is 64.7 Å². The number of hydrogen-bond donors (Lipinski definition) is 1. The molecule has 1 N–H and O–H groups in total. The molecule has 1 aromatic heterocycles. The van der Waals surface area contributed by atoms with E-state index in [1.165, 1.54) is 25.0 Å². The standard InChI is InChI=1S/C31H34FN3O4/c32-24-8-5-22(6-9-24)29-27-19-25(10-7-21(27)13-17-35(29)31(37)23-3-4-23)38-20-26-11-12-28(39-26)30(36)33-14-18-34-15-1-2-16-34/h5-12,19,23,29H,1-4,13-18,20H2,(H,33,36)/t29-/m0/s1. The number of fused-ring (bicyclic) bond motifs is 1. The van der Waals surface area contributed by atoms with Crippen molar-refractivity contribution in [3.05, 3.63) is 88.6 Å². The van der Waals surface area contributed by atoms with E-state index in [1.54, 1.807) is 24.3 Å². The molecule has 3 aromatic rings. The van der Waals surface area contributed by atoms with E-state index in [2.05, 4.69) is 10.2 Å². The smallest absolute Gasteiger partial charge is 0.287 e. The molecule has 1 saturated carbocycles. The zero-order valence-electron chi connectivity index (χ0n) is 22.0. The van der Waals surface area contributed by atoms with Crippen molar-refractivity contribution < 1.29 is 23.1 Å². The van der Waals surface area contributed by atoms with Crippen molar-refractivity contribution in [1.29, 1.82) is 0 Å². The van der Waals surface area contributed by atoms with Gasteiger partial charge < -0.3 is 24.3 Å². The maximum absolute atomic E-state index is 13.7. The summed E-state index contributed by atoms with van der Waals surface area (Å²) in [6.07, 6.45) is 5.08. The zero-order valence-corrected chi connectivity index (χ0v) is 22.0. The van der Waals surface area contributed by atoms with Gasteiger partial charge in [0.25, 0.3) is 5.91 Å². The van der Waals surface area contributed by atoms with Crippen molar-refractivity contribution in [2.75, 3.05) is 32.7 Å². The maximum Gasteiger partial charge on any atom is 0.287 e. The number of hydrogen-bond acceptors (Lipinski definition) is 5. The highest BCUT2D eigenvalue weighted by atomic mass is 19.1. The highest BCUT2D eigenvalue weighted by Gasteiger charge is 2.39. The van der Waals surface area contributed by atoms with Crippen molar-refractivity contribution in [2.24, 2.45) is 5.92 Å². The van der Waals surface area contributed by atoms with Gasteiger partial charge in [0, 0.05) is 25.6 Å². The fraction of sp³-hybridized carbons (Fsp3) is 0.419. The number of carbonyl (C=O) groups excluding carboxylic acids is 2. The van der Waals surface area contributed by atoms with Gasteiger partial charge in [-0.3, -0.25) is 9.59 Å². The highest BCUT2D eigenvalue weighted by molar-refractivity contribution is 5.91. The molecule has 2 aromatic carbocycles. The number of likely N-dealkylation sites (tertiary alicyclic amines) is 1. The Kier molecular flexibility index (Phi) is 7.37. The summed E-state index contributed by atoms with van der Waals surface area (Å²) < 4.78 is 25.5. The molecule has 39 heavy (non-hydrogen) atoms. The Bertz CT molecular complexity index is 1330. The van der Waals surface area contributed by atoms with Crippen LogP contribution in [0.15, 0.2) is 59.0 Å². The molecular weight excluding hydrogens is 497 g/mol. The minimum Gasteiger partial charge on any atom is -0.486 e. The van der Waals surface area contributed by atoms with Crippen molar-refractivity contribution >= 4 is 11.8 Å². The molecule has 3 aliphatic rings. The number of benzene rings is 2. The van der Waals surface area contributed by atoms with E-state index in [0.29, 0.717) is 24.6 Å². The molecule has 1 saturated heterocycles. The second-order valence-electron chi connectivity index (χ2n) is 10.7. The molecule has 1 aliphatic carbocycles. The second kappa shape index (κ2) is 11.2. The average molecular weight is 532 g/mol. The highest BCUT2D eigenvalue weighted by Crippen LogP contribution is 2.41. The van der Waals surface area contributed by atoms with Crippen LogP contribution in [0.4, 0.5) is 4.39 Å². The molecule has 0 unspecified atom stereocenters. The lowest BCUT2D eigenvalue weighted by Crippen LogP contribution is -2.41. The third-order valence-corrected chi connectivity index (χ3v) is 7.92. The largest absolute Gasteiger partial charge is 0.486 e. The summed E-state index contributed by atoms with van der Waals surface area (Å²) in [5, 5.41) is 2.93. The first-order valence-corrected chi connectivity index (χ1v) is 14.0. The lowest BCUT2D eigenvalue weighted by atomic mass is 9.87. The molecule has 204 valence electrons. The van der Waals surface area contributed by atoms with Gasteiger partial charge in [-0.05, 0) is 98.3 Å². The quantitative estimate of drug-likeness (QED) is 0.433. The lowest BCUT2D eigenvalue weighted by Gasteiger charge is -2.38. The van der Waals surface area contributed by atoms with Crippen LogP contribution in [0, 0.1) is 11.7 Å². The van der Waals surface area contributed by atoms with Crippen LogP contribution < -0.4 is 10.1 Å². The molecule has 6 rings (SSSR count). The Morgan fingerprint density at radius 3 is 2.56 bits per heavy atom. The van der Waals surface area contributed by atoms with E-state index in [9.17, 15) is 14.0 Å². The minimum atomic E-state index is -0.301. The predicted octanol–water partition coefficient (Wildman–Crippen LogP) is 4.71. The molecule has 2 aliphatic heterocycles. The van der Waals surface area contributed by atoms with Gasteiger partial charge in [-0.2, -0.15) is 0 Å². The van der Waals surface area contributed by atoms with Gasteiger partial charge >= 0.3 is 0 Å². The summed E-state index contributed by atoms with van der Waals surface area (Å²) in [6.45, 7) is 4.45. The van der Waals surface area contributed by atoms with Crippen LogP contribution in [0.3, 0.4) is 0 Å². The van der Waals surface area contributed by atoms with Crippen LogP contribution in [0.25, 0.3) is 0 Å². The number of rotatable bonds is 9. The number of nitrogens with one attached hydrogen (secondary N) is 1. The third-order valence-electron chi connectivity index (χ3n) is 7.92. The molecule has 7 nitrogen and oxygen atoms in total. The Morgan fingerprint density at radius 1 is 1.00 bits per heavy atom. The lowest BCUT2D eigenvalue weighted by molar-refractivity contribution is -0.134. The van der Waals surface area contributed by atoms with Crippen molar-refractivity contribution in [3.63, 3.8) is 0 Å². The molecule has 0 spiro atoms. The Hall–Kier alpha value is -3.65. The Morgan fingerprint density at radius 2 is 1.79 bits per heavy atom. The van der Waals surface area contributed by atoms with E-state index >= 15 is 0 Å². The van der Waals surface area contributed by atoms with Gasteiger partial charge in [-0.15, -0.1) is 0 Å². The Balaban J connectivity index is 1.13. The number of nitrogens with zero attached hydrogens (tertiary/aromatic N) is 2. The molecule has 2 amide bonds. The van der Waals surface area contributed by atoms with Crippen molar-refractivity contribution in [3.8, 4) is 5.75 Å². The fourth-order valence-corrected chi connectivity index (χ4v) is 5.64. The van der Waals surface area contributed by atoms with E-state index < -0.39 is 0 Å². The van der Waals surface area contributed by atoms with Crippen LogP contribution in [0.5, 0.6) is 5.75 Å². The summed E-state index contributed by atoms with van der Waals surface area (Å²) in [5.74, 6) is 1.21. The van der Waals surface area contributed by atoms with Crippen molar-refractivity contribution in [1.82, 2.24) is 15.1 Å². The second-order valence-corrected chi connectivity index (χ2v) is 10.7. The van der Waals surface area contributed by atoms with Crippen molar-refractivity contribution in [2.45, 2.75) is 44.8 Å². The van der Waals surface area contributed by atoms with Gasteiger partial charge in [0.2, 0.25) is 5.91 Å². The monoisotopic (exact) mass is 531 g/mol. The number of halogens is 1. The normalized spacial score (nSPS) is 19.1. The number of furan rings is 1. The van der Waals surface area contributed by atoms with Crippen LogP contribution >= 0.6 is 0 Å². The van der Waals surface area contributed by atoms with Gasteiger partial charge in [0.15, 0.2) is 5.76 Å². The summed E-state index contributed by atoms with van der Waals surface area (Å²) in [4.78, 5) is 29.9. The number of carbonyl (C=O) groups is 2. The summed E-state index contributed by atoms with van der Waals surface area (Å²) in [5.41, 5.74) is 3.04. The topological polar surface area (TPSA) is 75.0 Å². The van der Waals surface area contributed by atoms with E-state index in [1.807, 2.05) is 23.1 Å². The van der Waals surface area contributed by atoms with E-state index in [-0.39, 0.29) is 42.0 Å². The zero-order chi connectivity index (χ0) is 26.8. The maximum atomic E-state index is 13.7. The van der Waals surface area contributed by atoms with Crippen LogP contribution in [-0.2, 0) is 17.8 Å². The van der Waals surface area contributed by atoms with Gasteiger partial charge in [-0.1, -0.05) is 18.2 Å². The molecule has 1 atom stereocenters. The molecule has 0 radical (unpaired) electrons. The summed E-state index contributed by atoms with van der Waals surface area (Å²) in [7, 11) is 0. The van der Waals surface area contributed by atoms with Crippen LogP contribution in [-0.4, -0.2) is 54.3 Å². The first-order valence-electron chi connectivity index (χ1n) is 14.0. The third kappa shape index (κ3) is 5.86. The number of ether oxygens (including phenoxy) is 1. The van der Waals surface area contributed by atoms with Gasteiger partial charge in [0.1, 0.15) is 23.9 Å². The Labute approximate surface area is 227 Å². The average Bonchev–Trinajstić information content (AvgIpc) is 3.46. The van der Waals surface area contributed by atoms with E-state index in [4.69, 9.17) is 9.15 Å².